The van der Waals surface area contributed by atoms with E-state index in [1.807, 2.05) is 42.5 Å². The number of rotatable bonds is 3. The molecule has 0 aliphatic carbocycles. The van der Waals surface area contributed by atoms with Gasteiger partial charge in [0.05, 0.1) is 11.9 Å². The molecule has 0 atom stereocenters. The van der Waals surface area contributed by atoms with Gasteiger partial charge >= 0.3 is 0 Å². The molecule has 0 heterocycles. The van der Waals surface area contributed by atoms with Gasteiger partial charge < -0.3 is 0 Å². The van der Waals surface area contributed by atoms with Crippen molar-refractivity contribution in [3.63, 3.8) is 0 Å². The molecule has 104 valence electrons. The van der Waals surface area contributed by atoms with Crippen LogP contribution in [0.3, 0.4) is 0 Å². The maximum absolute atomic E-state index is 13.4. The van der Waals surface area contributed by atoms with Crippen molar-refractivity contribution in [1.82, 2.24) is 0 Å². The number of nitrogens with zero attached hydrogens (tertiary/aromatic N) is 1. The Hall–Kier alpha value is -2.75. The van der Waals surface area contributed by atoms with Crippen molar-refractivity contribution in [3.05, 3.63) is 77.9 Å². The molecule has 21 heavy (non-hydrogen) atoms. The molecule has 3 aromatic rings. The van der Waals surface area contributed by atoms with Gasteiger partial charge in [0.2, 0.25) is 0 Å². The highest BCUT2D eigenvalue weighted by atomic mass is 19.1. The second kappa shape index (κ2) is 5.71. The largest absolute Gasteiger partial charge is 0.276 e. The molecule has 0 unspecified atom stereocenters. The molecule has 3 aromatic carbocycles. The van der Waals surface area contributed by atoms with E-state index in [1.165, 1.54) is 12.1 Å². The van der Waals surface area contributed by atoms with Crippen LogP contribution in [-0.4, -0.2) is 6.21 Å². The highest BCUT2D eigenvalue weighted by molar-refractivity contribution is 5.90. The Balaban J connectivity index is 1.78. The van der Waals surface area contributed by atoms with Crippen molar-refractivity contribution in [1.29, 1.82) is 0 Å². The molecule has 0 bridgehead atoms. The van der Waals surface area contributed by atoms with E-state index in [9.17, 15) is 8.78 Å². The third kappa shape index (κ3) is 3.05. The number of fused-ring (bicyclic) bond motifs is 1. The van der Waals surface area contributed by atoms with Crippen LogP contribution in [-0.2, 0) is 0 Å². The second-order valence-electron chi connectivity index (χ2n) is 4.60. The fraction of sp³-hybridized carbons (Fsp3) is 0. The van der Waals surface area contributed by atoms with Gasteiger partial charge in [-0.05, 0) is 34.5 Å². The molecule has 0 aliphatic heterocycles. The molecule has 0 saturated carbocycles. The number of hydrazone groups is 1. The minimum absolute atomic E-state index is 0.133. The lowest BCUT2D eigenvalue weighted by Crippen LogP contribution is -1.94. The first-order valence-electron chi connectivity index (χ1n) is 6.45. The minimum atomic E-state index is -0.675. The summed E-state index contributed by atoms with van der Waals surface area (Å²) in [7, 11) is 0. The lowest BCUT2D eigenvalue weighted by atomic mass is 10.1. The monoisotopic (exact) mass is 282 g/mol. The van der Waals surface area contributed by atoms with Crippen molar-refractivity contribution in [3.8, 4) is 0 Å². The van der Waals surface area contributed by atoms with Crippen LogP contribution in [0.25, 0.3) is 10.8 Å². The summed E-state index contributed by atoms with van der Waals surface area (Å²) in [5, 5.41) is 6.22. The lowest BCUT2D eigenvalue weighted by molar-refractivity contribution is 0.585. The molecular formula is C17H12F2N2. The summed E-state index contributed by atoms with van der Waals surface area (Å²) in [5.41, 5.74) is 3.59. The van der Waals surface area contributed by atoms with E-state index >= 15 is 0 Å². The van der Waals surface area contributed by atoms with Crippen LogP contribution in [0.5, 0.6) is 0 Å². The molecule has 0 radical (unpaired) electrons. The van der Waals surface area contributed by atoms with Gasteiger partial charge in [0.25, 0.3) is 0 Å². The van der Waals surface area contributed by atoms with Gasteiger partial charge in [-0.1, -0.05) is 36.4 Å². The average Bonchev–Trinajstić information content (AvgIpc) is 2.49. The van der Waals surface area contributed by atoms with Crippen LogP contribution >= 0.6 is 0 Å². The van der Waals surface area contributed by atoms with Gasteiger partial charge in [-0.2, -0.15) is 5.10 Å². The number of halogens is 2. The smallest absolute Gasteiger partial charge is 0.151 e. The van der Waals surface area contributed by atoms with E-state index in [4.69, 9.17) is 0 Å². The Kier molecular flexibility index (Phi) is 3.60. The zero-order chi connectivity index (χ0) is 14.7. The summed E-state index contributed by atoms with van der Waals surface area (Å²) in [5.74, 6) is -1.29. The number of hydrogen-bond acceptors (Lipinski definition) is 2. The Morgan fingerprint density at radius 3 is 2.48 bits per heavy atom. The van der Waals surface area contributed by atoms with Crippen LogP contribution < -0.4 is 5.43 Å². The molecule has 0 amide bonds. The summed E-state index contributed by atoms with van der Waals surface area (Å²) >= 11 is 0. The van der Waals surface area contributed by atoms with E-state index in [0.29, 0.717) is 0 Å². The first kappa shape index (κ1) is 13.2. The van der Waals surface area contributed by atoms with E-state index < -0.39 is 11.6 Å². The van der Waals surface area contributed by atoms with Crippen LogP contribution in [0.2, 0.25) is 0 Å². The third-order valence-corrected chi connectivity index (χ3v) is 3.10. The van der Waals surface area contributed by atoms with Crippen LogP contribution in [0.15, 0.2) is 65.8 Å². The number of anilines is 1. The van der Waals surface area contributed by atoms with Gasteiger partial charge in [-0.3, -0.25) is 5.43 Å². The molecule has 3 rings (SSSR count). The minimum Gasteiger partial charge on any atom is -0.276 e. The summed E-state index contributed by atoms with van der Waals surface area (Å²) in [6.45, 7) is 0. The molecule has 0 aromatic heterocycles. The van der Waals surface area contributed by atoms with Crippen LogP contribution in [0, 0.1) is 11.6 Å². The zero-order valence-corrected chi connectivity index (χ0v) is 11.1. The van der Waals surface area contributed by atoms with E-state index in [2.05, 4.69) is 10.5 Å². The van der Waals surface area contributed by atoms with Gasteiger partial charge in [-0.15, -0.1) is 0 Å². The molecule has 0 saturated heterocycles. The summed E-state index contributed by atoms with van der Waals surface area (Å²) < 4.78 is 26.2. The molecule has 0 aliphatic rings. The van der Waals surface area contributed by atoms with E-state index in [-0.39, 0.29) is 5.69 Å². The highest BCUT2D eigenvalue weighted by Crippen LogP contribution is 2.16. The standard InChI is InChI=1S/C17H12F2N2/c18-15-7-8-17(16(19)10-15)21-20-11-12-5-6-13-3-1-2-4-14(13)9-12/h1-11,21H/b20-11+. The average molecular weight is 282 g/mol. The molecule has 0 fully saturated rings. The molecule has 0 spiro atoms. The van der Waals surface area contributed by atoms with Crippen LogP contribution in [0.1, 0.15) is 5.56 Å². The quantitative estimate of drug-likeness (QED) is 0.552. The topological polar surface area (TPSA) is 24.4 Å². The first-order chi connectivity index (χ1) is 10.2. The van der Waals surface area contributed by atoms with Gasteiger partial charge in [-0.25, -0.2) is 8.78 Å². The number of benzene rings is 3. The summed E-state index contributed by atoms with van der Waals surface area (Å²) in [4.78, 5) is 0. The van der Waals surface area contributed by atoms with Crippen molar-refractivity contribution in [2.24, 2.45) is 5.10 Å². The van der Waals surface area contributed by atoms with E-state index in [1.54, 1.807) is 6.21 Å². The second-order valence-corrected chi connectivity index (χ2v) is 4.60. The maximum atomic E-state index is 13.4. The van der Waals surface area contributed by atoms with Crippen LogP contribution in [0.4, 0.5) is 14.5 Å². The number of hydrogen-bond donors (Lipinski definition) is 1. The predicted octanol–water partition coefficient (Wildman–Crippen LogP) is 4.56. The molecule has 4 heteroatoms. The van der Waals surface area contributed by atoms with Crippen molar-refractivity contribution in [2.75, 3.05) is 5.43 Å². The Bertz CT molecular complexity index is 813. The van der Waals surface area contributed by atoms with Crippen molar-refractivity contribution >= 4 is 22.7 Å². The lowest BCUT2D eigenvalue weighted by Gasteiger charge is -2.02. The fourth-order valence-electron chi connectivity index (χ4n) is 2.04. The molecule has 2 nitrogen and oxygen atoms in total. The Morgan fingerprint density at radius 2 is 1.67 bits per heavy atom. The predicted molar refractivity (Wildman–Crippen MR) is 81.5 cm³/mol. The molecule has 1 N–H and O–H groups in total. The summed E-state index contributed by atoms with van der Waals surface area (Å²) in [6, 6.07) is 17.2. The Morgan fingerprint density at radius 1 is 0.857 bits per heavy atom. The summed E-state index contributed by atoms with van der Waals surface area (Å²) in [6.07, 6.45) is 1.59. The van der Waals surface area contributed by atoms with Crippen molar-refractivity contribution < 1.29 is 8.78 Å². The normalized spacial score (nSPS) is 11.1. The third-order valence-electron chi connectivity index (χ3n) is 3.10. The van der Waals surface area contributed by atoms with Crippen molar-refractivity contribution in [2.45, 2.75) is 0 Å². The highest BCUT2D eigenvalue weighted by Gasteiger charge is 2.01. The maximum Gasteiger partial charge on any atom is 0.151 e. The fourth-order valence-corrected chi connectivity index (χ4v) is 2.04. The SMILES string of the molecule is Fc1ccc(N/N=C/c2ccc3ccccc3c2)c(F)c1. The zero-order valence-electron chi connectivity index (χ0n) is 11.1. The van der Waals surface area contributed by atoms with Gasteiger partial charge in [0, 0.05) is 6.07 Å². The van der Waals surface area contributed by atoms with Gasteiger partial charge in [0.15, 0.2) is 5.82 Å². The Labute approximate surface area is 120 Å². The van der Waals surface area contributed by atoms with Gasteiger partial charge in [0.1, 0.15) is 5.82 Å². The number of nitrogens with one attached hydrogen (secondary N) is 1. The van der Waals surface area contributed by atoms with E-state index in [0.717, 1.165) is 22.4 Å². The first-order valence-corrected chi connectivity index (χ1v) is 6.45. The molecular weight excluding hydrogens is 270 g/mol.